The Morgan fingerprint density at radius 2 is 1.83 bits per heavy atom. The van der Waals surface area contributed by atoms with Gasteiger partial charge < -0.3 is 14.6 Å². The van der Waals surface area contributed by atoms with Crippen molar-refractivity contribution in [3.8, 4) is 0 Å². The van der Waals surface area contributed by atoms with Crippen LogP contribution in [0.5, 0.6) is 0 Å². The van der Waals surface area contributed by atoms with E-state index in [1.165, 1.54) is 36.9 Å². The number of carbonyl (C=O) groups excluding carboxylic acids is 1. The number of nitrogens with one attached hydrogen (secondary N) is 2. The van der Waals surface area contributed by atoms with Crippen LogP contribution in [0.2, 0.25) is 0 Å². The Labute approximate surface area is 178 Å². The molecule has 7 nitrogen and oxygen atoms in total. The molecule has 164 valence electrons. The van der Waals surface area contributed by atoms with E-state index in [4.69, 9.17) is 4.42 Å². The average Bonchev–Trinajstić information content (AvgIpc) is 3.23. The summed E-state index contributed by atoms with van der Waals surface area (Å²) in [6, 6.07) is 9.34. The Morgan fingerprint density at radius 1 is 1.13 bits per heavy atom. The number of likely N-dealkylation sites (tertiary alicyclic amines) is 1. The molecule has 0 radical (unpaired) electrons. The van der Waals surface area contributed by atoms with Gasteiger partial charge in [-0.25, -0.2) is 13.1 Å². The Morgan fingerprint density at radius 3 is 2.47 bits per heavy atom. The highest BCUT2D eigenvalue weighted by atomic mass is 32.2. The highest BCUT2D eigenvalue weighted by Gasteiger charge is 2.21. The van der Waals surface area contributed by atoms with E-state index < -0.39 is 10.0 Å². The Balaban J connectivity index is 1.44. The second-order valence-corrected chi connectivity index (χ2v) is 10.0. The first-order chi connectivity index (χ1) is 14.3. The predicted octanol–water partition coefficient (Wildman–Crippen LogP) is 2.86. The second kappa shape index (κ2) is 10.2. The molecule has 1 amide bonds. The van der Waals surface area contributed by atoms with Crippen molar-refractivity contribution in [3.63, 3.8) is 0 Å². The van der Waals surface area contributed by atoms with E-state index >= 15 is 0 Å². The molecule has 2 atom stereocenters. The molecular formula is C22H31N3O4S. The second-order valence-electron chi connectivity index (χ2n) is 8.24. The largest absolute Gasteiger partial charge is 0.468 e. The molecule has 2 heterocycles. The van der Waals surface area contributed by atoms with E-state index in [1.54, 1.807) is 12.1 Å². The lowest BCUT2D eigenvalue weighted by atomic mass is 9.92. The fraction of sp³-hybridized carbons (Fsp3) is 0.500. The molecule has 1 saturated heterocycles. The molecule has 0 unspecified atom stereocenters. The molecule has 1 aliphatic heterocycles. The van der Waals surface area contributed by atoms with Gasteiger partial charge in [-0.05, 0) is 67.6 Å². The number of sulfonamides is 1. The SMILES string of the molecule is C[C@H]1C[C@H](C)CN(CCCNC(=O)c2ccc(S(=O)(=O)NCc3ccco3)cc2)C1. The summed E-state index contributed by atoms with van der Waals surface area (Å²) < 4.78 is 32.3. The first-order valence-corrected chi connectivity index (χ1v) is 11.9. The third kappa shape index (κ3) is 6.42. The van der Waals surface area contributed by atoms with Crippen LogP contribution in [0.3, 0.4) is 0 Å². The van der Waals surface area contributed by atoms with Gasteiger partial charge in [0.05, 0.1) is 17.7 Å². The predicted molar refractivity (Wildman–Crippen MR) is 116 cm³/mol. The van der Waals surface area contributed by atoms with E-state index in [1.807, 2.05) is 0 Å². The maximum absolute atomic E-state index is 12.4. The average molecular weight is 434 g/mol. The summed E-state index contributed by atoms with van der Waals surface area (Å²) >= 11 is 0. The van der Waals surface area contributed by atoms with Crippen molar-refractivity contribution in [1.29, 1.82) is 0 Å². The summed E-state index contributed by atoms with van der Waals surface area (Å²) in [7, 11) is -3.67. The molecule has 2 aromatic rings. The normalized spacial score (nSPS) is 20.2. The van der Waals surface area contributed by atoms with Crippen LogP contribution in [0.15, 0.2) is 52.0 Å². The molecule has 0 saturated carbocycles. The number of hydrogen-bond donors (Lipinski definition) is 2. The standard InChI is InChI=1S/C22H31N3O4S/c1-17-13-18(2)16-25(15-17)11-4-10-23-22(26)19-6-8-21(9-7-19)30(27,28)24-14-20-5-3-12-29-20/h3,5-9,12,17-18,24H,4,10-11,13-16H2,1-2H3,(H,23,26)/t17-,18-/m0/s1. The van der Waals surface area contributed by atoms with Crippen molar-refractivity contribution >= 4 is 15.9 Å². The highest BCUT2D eigenvalue weighted by molar-refractivity contribution is 7.89. The molecule has 30 heavy (non-hydrogen) atoms. The van der Waals surface area contributed by atoms with Gasteiger partial charge in [-0.2, -0.15) is 0 Å². The van der Waals surface area contributed by atoms with Crippen LogP contribution < -0.4 is 10.0 Å². The van der Waals surface area contributed by atoms with Crippen LogP contribution in [0.1, 0.15) is 42.8 Å². The highest BCUT2D eigenvalue weighted by Crippen LogP contribution is 2.20. The summed E-state index contributed by atoms with van der Waals surface area (Å²) in [4.78, 5) is 14.9. The fourth-order valence-corrected chi connectivity index (χ4v) is 5.02. The Hall–Kier alpha value is -2.16. The molecular weight excluding hydrogens is 402 g/mol. The zero-order chi connectivity index (χ0) is 21.6. The lowest BCUT2D eigenvalue weighted by Gasteiger charge is -2.34. The van der Waals surface area contributed by atoms with Gasteiger partial charge in [0.2, 0.25) is 10.0 Å². The molecule has 0 bridgehead atoms. The third-order valence-electron chi connectivity index (χ3n) is 5.32. The maximum Gasteiger partial charge on any atom is 0.251 e. The summed E-state index contributed by atoms with van der Waals surface area (Å²) in [5.74, 6) is 1.80. The van der Waals surface area contributed by atoms with Crippen molar-refractivity contribution < 1.29 is 17.6 Å². The number of piperidine rings is 1. The molecule has 8 heteroatoms. The van der Waals surface area contributed by atoms with Crippen molar-refractivity contribution in [2.24, 2.45) is 11.8 Å². The summed E-state index contributed by atoms with van der Waals surface area (Å²) in [5.41, 5.74) is 0.445. The molecule has 0 aliphatic carbocycles. The first kappa shape index (κ1) is 22.5. The number of rotatable bonds is 9. The van der Waals surface area contributed by atoms with Crippen molar-refractivity contribution in [2.45, 2.75) is 38.1 Å². The molecule has 1 aliphatic rings. The fourth-order valence-electron chi connectivity index (χ4n) is 4.03. The van der Waals surface area contributed by atoms with Crippen LogP contribution in [0.25, 0.3) is 0 Å². The summed E-state index contributed by atoms with van der Waals surface area (Å²) in [6.07, 6.45) is 3.68. The molecule has 1 fully saturated rings. The monoisotopic (exact) mass is 433 g/mol. The van der Waals surface area contributed by atoms with E-state index in [2.05, 4.69) is 28.8 Å². The summed E-state index contributed by atoms with van der Waals surface area (Å²) in [6.45, 7) is 8.49. The van der Waals surface area contributed by atoms with Crippen LogP contribution in [0, 0.1) is 11.8 Å². The Kier molecular flexibility index (Phi) is 7.69. The Bertz CT molecular complexity index is 900. The van der Waals surface area contributed by atoms with Crippen molar-refractivity contribution in [3.05, 3.63) is 54.0 Å². The zero-order valence-electron chi connectivity index (χ0n) is 17.6. The van der Waals surface area contributed by atoms with E-state index in [9.17, 15) is 13.2 Å². The van der Waals surface area contributed by atoms with Gasteiger partial charge in [-0.3, -0.25) is 4.79 Å². The van der Waals surface area contributed by atoms with E-state index in [-0.39, 0.29) is 17.3 Å². The van der Waals surface area contributed by atoms with Gasteiger partial charge in [-0.15, -0.1) is 0 Å². The number of hydrogen-bond acceptors (Lipinski definition) is 5. The van der Waals surface area contributed by atoms with E-state index in [0.29, 0.717) is 17.9 Å². The maximum atomic E-state index is 12.4. The van der Waals surface area contributed by atoms with Gasteiger partial charge in [-0.1, -0.05) is 13.8 Å². The first-order valence-electron chi connectivity index (χ1n) is 10.5. The van der Waals surface area contributed by atoms with Crippen LogP contribution in [-0.2, 0) is 16.6 Å². The number of carbonyl (C=O) groups is 1. The van der Waals surface area contributed by atoms with Crippen molar-refractivity contribution in [2.75, 3.05) is 26.2 Å². The number of amides is 1. The van der Waals surface area contributed by atoms with Gasteiger partial charge in [0.15, 0.2) is 0 Å². The quantitative estimate of drug-likeness (QED) is 0.594. The topological polar surface area (TPSA) is 91.7 Å². The number of furan rings is 1. The minimum Gasteiger partial charge on any atom is -0.468 e. The van der Waals surface area contributed by atoms with Crippen LogP contribution in [0.4, 0.5) is 0 Å². The molecule has 1 aromatic heterocycles. The molecule has 1 aromatic carbocycles. The zero-order valence-corrected chi connectivity index (χ0v) is 18.5. The smallest absolute Gasteiger partial charge is 0.251 e. The van der Waals surface area contributed by atoms with Crippen molar-refractivity contribution in [1.82, 2.24) is 14.9 Å². The van der Waals surface area contributed by atoms with Gasteiger partial charge in [0, 0.05) is 25.2 Å². The van der Waals surface area contributed by atoms with Gasteiger partial charge in [0.25, 0.3) is 5.91 Å². The number of benzene rings is 1. The third-order valence-corrected chi connectivity index (χ3v) is 6.74. The molecule has 0 spiro atoms. The summed E-state index contributed by atoms with van der Waals surface area (Å²) in [5, 5.41) is 2.92. The number of nitrogens with zero attached hydrogens (tertiary/aromatic N) is 1. The lowest BCUT2D eigenvalue weighted by Crippen LogP contribution is -2.40. The van der Waals surface area contributed by atoms with Crippen LogP contribution in [-0.4, -0.2) is 45.4 Å². The van der Waals surface area contributed by atoms with E-state index in [0.717, 1.165) is 37.9 Å². The van der Waals surface area contributed by atoms with Crippen LogP contribution >= 0.6 is 0 Å². The van der Waals surface area contributed by atoms with Gasteiger partial charge >= 0.3 is 0 Å². The molecule has 3 rings (SSSR count). The lowest BCUT2D eigenvalue weighted by molar-refractivity contribution is 0.0947. The minimum absolute atomic E-state index is 0.0755. The molecule has 2 N–H and O–H groups in total. The van der Waals surface area contributed by atoms with Gasteiger partial charge in [0.1, 0.15) is 5.76 Å². The minimum atomic E-state index is -3.67.